The van der Waals surface area contributed by atoms with Gasteiger partial charge in [0.25, 0.3) is 0 Å². The smallest absolute Gasteiger partial charge is 0.0611 e. The lowest BCUT2D eigenvalue weighted by atomic mass is 9.84. The highest BCUT2D eigenvalue weighted by Crippen LogP contribution is 2.29. The first-order valence-corrected chi connectivity index (χ1v) is 7.62. The summed E-state index contributed by atoms with van der Waals surface area (Å²) in [5.41, 5.74) is -0.189. The maximum absolute atomic E-state index is 9.43. The third-order valence-corrected chi connectivity index (χ3v) is 4.30. The zero-order valence-electron chi connectivity index (χ0n) is 12.4. The Morgan fingerprint density at radius 2 is 2.00 bits per heavy atom. The van der Waals surface area contributed by atoms with Crippen LogP contribution in [0, 0.1) is 5.92 Å². The topological polar surface area (TPSA) is 41.5 Å². The maximum Gasteiger partial charge on any atom is 0.0611 e. The molecule has 0 radical (unpaired) electrons. The van der Waals surface area contributed by atoms with Crippen LogP contribution in [-0.2, 0) is 4.74 Å². The van der Waals surface area contributed by atoms with Crippen LogP contribution in [0.2, 0.25) is 0 Å². The first kappa shape index (κ1) is 15.9. The van der Waals surface area contributed by atoms with E-state index in [9.17, 15) is 5.11 Å². The molecule has 0 aromatic heterocycles. The molecule has 0 aliphatic heterocycles. The Labute approximate surface area is 112 Å². The Kier molecular flexibility index (Phi) is 7.20. The Hall–Kier alpha value is -0.120. The molecular weight excluding hydrogens is 226 g/mol. The van der Waals surface area contributed by atoms with E-state index in [-0.39, 0.29) is 12.1 Å². The minimum Gasteiger partial charge on any atom is -0.394 e. The van der Waals surface area contributed by atoms with Crippen molar-refractivity contribution < 1.29 is 9.84 Å². The Bertz CT molecular complexity index is 223. The molecule has 1 aliphatic rings. The number of aliphatic hydroxyl groups is 1. The second kappa shape index (κ2) is 8.13. The molecule has 1 aliphatic carbocycles. The summed E-state index contributed by atoms with van der Waals surface area (Å²) in [6.07, 6.45) is 7.78. The second-order valence-electron chi connectivity index (χ2n) is 5.86. The summed E-state index contributed by atoms with van der Waals surface area (Å²) in [7, 11) is 0. The van der Waals surface area contributed by atoms with E-state index in [0.29, 0.717) is 6.10 Å². The van der Waals surface area contributed by atoms with E-state index in [2.05, 4.69) is 26.1 Å². The van der Waals surface area contributed by atoms with Crippen molar-refractivity contribution in [2.75, 3.05) is 19.8 Å². The molecule has 0 spiro atoms. The standard InChI is InChI=1S/C15H31NO2/c1-4-13-8-6-7-9-14(13)18-11-10-15(3,12-17)16-5-2/h13-14,16-17H,4-12H2,1-3H3. The van der Waals surface area contributed by atoms with E-state index in [1.54, 1.807) is 0 Å². The van der Waals surface area contributed by atoms with Crippen LogP contribution in [0.3, 0.4) is 0 Å². The van der Waals surface area contributed by atoms with Gasteiger partial charge in [-0.05, 0) is 38.6 Å². The average Bonchev–Trinajstić information content (AvgIpc) is 2.39. The molecule has 1 saturated carbocycles. The fraction of sp³-hybridized carbons (Fsp3) is 1.00. The van der Waals surface area contributed by atoms with Crippen molar-refractivity contribution >= 4 is 0 Å². The highest BCUT2D eigenvalue weighted by molar-refractivity contribution is 4.82. The molecule has 3 atom stereocenters. The van der Waals surface area contributed by atoms with Crippen LogP contribution in [0.25, 0.3) is 0 Å². The molecular formula is C15H31NO2. The molecule has 0 amide bonds. The molecule has 18 heavy (non-hydrogen) atoms. The molecule has 0 bridgehead atoms. The van der Waals surface area contributed by atoms with Crippen molar-refractivity contribution in [1.29, 1.82) is 0 Å². The van der Waals surface area contributed by atoms with Gasteiger partial charge in [0.05, 0.1) is 12.7 Å². The van der Waals surface area contributed by atoms with Crippen LogP contribution in [0.4, 0.5) is 0 Å². The Balaban J connectivity index is 2.30. The number of hydrogen-bond acceptors (Lipinski definition) is 3. The number of likely N-dealkylation sites (N-methyl/N-ethyl adjacent to an activating group) is 1. The van der Waals surface area contributed by atoms with Gasteiger partial charge in [-0.3, -0.25) is 0 Å². The minimum atomic E-state index is -0.189. The van der Waals surface area contributed by atoms with Gasteiger partial charge in [-0.2, -0.15) is 0 Å². The van der Waals surface area contributed by atoms with Crippen molar-refractivity contribution in [2.24, 2.45) is 5.92 Å². The van der Waals surface area contributed by atoms with Crippen LogP contribution in [0.5, 0.6) is 0 Å². The molecule has 0 aromatic rings. The molecule has 3 nitrogen and oxygen atoms in total. The number of nitrogens with one attached hydrogen (secondary N) is 1. The summed E-state index contributed by atoms with van der Waals surface area (Å²) in [6, 6.07) is 0. The molecule has 0 aromatic carbocycles. The van der Waals surface area contributed by atoms with Crippen LogP contribution >= 0.6 is 0 Å². The fourth-order valence-electron chi connectivity index (χ4n) is 2.95. The highest BCUT2D eigenvalue weighted by Gasteiger charge is 2.26. The first-order chi connectivity index (χ1) is 8.65. The zero-order valence-corrected chi connectivity index (χ0v) is 12.4. The molecule has 1 fully saturated rings. The van der Waals surface area contributed by atoms with Gasteiger partial charge in [0.1, 0.15) is 0 Å². The van der Waals surface area contributed by atoms with E-state index < -0.39 is 0 Å². The van der Waals surface area contributed by atoms with Crippen molar-refractivity contribution in [1.82, 2.24) is 5.32 Å². The van der Waals surface area contributed by atoms with Crippen molar-refractivity contribution in [3.05, 3.63) is 0 Å². The maximum atomic E-state index is 9.43. The lowest BCUT2D eigenvalue weighted by molar-refractivity contribution is -0.0231. The highest BCUT2D eigenvalue weighted by atomic mass is 16.5. The number of ether oxygens (including phenoxy) is 1. The largest absolute Gasteiger partial charge is 0.394 e. The third-order valence-electron chi connectivity index (χ3n) is 4.30. The predicted molar refractivity (Wildman–Crippen MR) is 75.8 cm³/mol. The van der Waals surface area contributed by atoms with Crippen molar-refractivity contribution in [3.63, 3.8) is 0 Å². The second-order valence-corrected chi connectivity index (χ2v) is 5.86. The summed E-state index contributed by atoms with van der Waals surface area (Å²) >= 11 is 0. The van der Waals surface area contributed by atoms with Gasteiger partial charge in [0.15, 0.2) is 0 Å². The van der Waals surface area contributed by atoms with E-state index >= 15 is 0 Å². The zero-order chi connectivity index (χ0) is 13.4. The SMILES string of the molecule is CCNC(C)(CO)CCOC1CCCCC1CC. The van der Waals surface area contributed by atoms with Crippen LogP contribution in [0.15, 0.2) is 0 Å². The van der Waals surface area contributed by atoms with Gasteiger partial charge in [-0.25, -0.2) is 0 Å². The fourth-order valence-corrected chi connectivity index (χ4v) is 2.95. The minimum absolute atomic E-state index is 0.173. The first-order valence-electron chi connectivity index (χ1n) is 7.62. The quantitative estimate of drug-likeness (QED) is 0.702. The lowest BCUT2D eigenvalue weighted by Gasteiger charge is -2.33. The van der Waals surface area contributed by atoms with E-state index in [0.717, 1.165) is 25.5 Å². The van der Waals surface area contributed by atoms with Gasteiger partial charge < -0.3 is 15.2 Å². The van der Waals surface area contributed by atoms with Crippen LogP contribution < -0.4 is 5.32 Å². The monoisotopic (exact) mass is 257 g/mol. The molecule has 3 unspecified atom stereocenters. The van der Waals surface area contributed by atoms with Crippen molar-refractivity contribution in [2.45, 2.75) is 70.9 Å². The summed E-state index contributed by atoms with van der Waals surface area (Å²) < 4.78 is 6.08. The molecule has 3 heteroatoms. The van der Waals surface area contributed by atoms with Crippen LogP contribution in [0.1, 0.15) is 59.3 Å². The van der Waals surface area contributed by atoms with E-state index in [1.807, 2.05) is 0 Å². The Morgan fingerprint density at radius 3 is 2.61 bits per heavy atom. The third kappa shape index (κ3) is 4.87. The summed E-state index contributed by atoms with van der Waals surface area (Å²) in [4.78, 5) is 0. The number of rotatable bonds is 8. The van der Waals surface area contributed by atoms with E-state index in [1.165, 1.54) is 32.1 Å². The van der Waals surface area contributed by atoms with Gasteiger partial charge in [0.2, 0.25) is 0 Å². The molecule has 0 saturated heterocycles. The van der Waals surface area contributed by atoms with Crippen LogP contribution in [-0.4, -0.2) is 36.5 Å². The van der Waals surface area contributed by atoms with E-state index in [4.69, 9.17) is 4.74 Å². The Morgan fingerprint density at radius 1 is 1.28 bits per heavy atom. The normalized spacial score (nSPS) is 28.0. The van der Waals surface area contributed by atoms with Gasteiger partial charge >= 0.3 is 0 Å². The van der Waals surface area contributed by atoms with Gasteiger partial charge in [-0.1, -0.05) is 33.1 Å². The summed E-state index contributed by atoms with van der Waals surface area (Å²) in [6.45, 7) is 8.22. The summed E-state index contributed by atoms with van der Waals surface area (Å²) in [5, 5.41) is 12.8. The van der Waals surface area contributed by atoms with Crippen molar-refractivity contribution in [3.8, 4) is 0 Å². The van der Waals surface area contributed by atoms with Gasteiger partial charge in [0, 0.05) is 12.1 Å². The number of aliphatic hydroxyl groups excluding tert-OH is 1. The molecule has 1 rings (SSSR count). The lowest BCUT2D eigenvalue weighted by Crippen LogP contribution is -2.46. The average molecular weight is 257 g/mol. The number of hydrogen-bond donors (Lipinski definition) is 2. The molecule has 108 valence electrons. The predicted octanol–water partition coefficient (Wildman–Crippen LogP) is 2.72. The molecule has 2 N–H and O–H groups in total. The summed E-state index contributed by atoms with van der Waals surface area (Å²) in [5.74, 6) is 0.748. The van der Waals surface area contributed by atoms with Gasteiger partial charge in [-0.15, -0.1) is 0 Å². The molecule has 0 heterocycles.